The number of fused-ring (bicyclic) bond motifs is 1. The van der Waals surface area contributed by atoms with Gasteiger partial charge in [0.15, 0.2) is 11.5 Å². The topological polar surface area (TPSA) is 75.7 Å². The first kappa shape index (κ1) is 9.85. The van der Waals surface area contributed by atoms with Crippen molar-refractivity contribution in [2.45, 2.75) is 19.8 Å². The van der Waals surface area contributed by atoms with Crippen LogP contribution in [0, 0.1) is 0 Å². The van der Waals surface area contributed by atoms with Crippen LogP contribution in [-0.4, -0.2) is 26.5 Å². The molecule has 0 unspecified atom stereocenters. The summed E-state index contributed by atoms with van der Waals surface area (Å²) in [6, 6.07) is 0. The summed E-state index contributed by atoms with van der Waals surface area (Å²) in [4.78, 5) is 20.3. The van der Waals surface area contributed by atoms with Gasteiger partial charge in [0.2, 0.25) is 0 Å². The molecule has 6 heteroatoms. The van der Waals surface area contributed by atoms with Gasteiger partial charge >= 0.3 is 0 Å². The molecule has 0 radical (unpaired) electrons. The van der Waals surface area contributed by atoms with Crippen molar-refractivity contribution in [1.29, 1.82) is 0 Å². The van der Waals surface area contributed by atoms with Crippen molar-refractivity contribution < 1.29 is 4.84 Å². The Balaban J connectivity index is 2.04. The van der Waals surface area contributed by atoms with Gasteiger partial charge in [-0.25, -0.2) is 20.4 Å². The van der Waals surface area contributed by atoms with Crippen LogP contribution < -0.4 is 5.48 Å². The van der Waals surface area contributed by atoms with Gasteiger partial charge in [-0.2, -0.15) is 0 Å². The molecule has 2 heterocycles. The van der Waals surface area contributed by atoms with Gasteiger partial charge in [-0.3, -0.25) is 4.84 Å². The summed E-state index contributed by atoms with van der Waals surface area (Å²) in [5.41, 5.74) is 4.18. The molecule has 0 aromatic carbocycles. The van der Waals surface area contributed by atoms with Gasteiger partial charge in [0.1, 0.15) is 11.8 Å². The minimum atomic E-state index is 0.619. The molecule has 0 bridgehead atoms. The normalized spacial score (nSPS) is 10.7. The Kier molecular flexibility index (Phi) is 3.08. The van der Waals surface area contributed by atoms with Gasteiger partial charge in [0.25, 0.3) is 0 Å². The molecule has 0 aliphatic rings. The molecule has 0 amide bonds. The number of anilines is 1. The molecule has 15 heavy (non-hydrogen) atoms. The average molecular weight is 207 g/mol. The monoisotopic (exact) mass is 207 g/mol. The number of hydrogen-bond acceptors (Lipinski definition) is 5. The molecule has 0 saturated heterocycles. The number of nitrogens with one attached hydrogen (secondary N) is 2. The molecule has 2 rings (SSSR count). The Labute approximate surface area is 87.1 Å². The Hall–Kier alpha value is -1.69. The van der Waals surface area contributed by atoms with Crippen LogP contribution in [0.25, 0.3) is 11.2 Å². The van der Waals surface area contributed by atoms with Crippen molar-refractivity contribution in [3.63, 3.8) is 0 Å². The highest BCUT2D eigenvalue weighted by Gasteiger charge is 2.04. The Morgan fingerprint density at radius 3 is 3.20 bits per heavy atom. The quantitative estimate of drug-likeness (QED) is 0.574. The van der Waals surface area contributed by atoms with E-state index in [1.165, 1.54) is 6.33 Å². The van der Waals surface area contributed by atoms with E-state index in [9.17, 15) is 0 Å². The minimum absolute atomic E-state index is 0.619. The second-order valence-electron chi connectivity index (χ2n) is 3.13. The number of imidazole rings is 1. The molecule has 0 saturated carbocycles. The van der Waals surface area contributed by atoms with E-state index in [-0.39, 0.29) is 0 Å². The van der Waals surface area contributed by atoms with Crippen molar-refractivity contribution >= 4 is 17.0 Å². The van der Waals surface area contributed by atoms with Crippen molar-refractivity contribution in [1.82, 2.24) is 19.9 Å². The van der Waals surface area contributed by atoms with Crippen LogP contribution >= 0.6 is 0 Å². The summed E-state index contributed by atoms with van der Waals surface area (Å²) >= 11 is 0. The Bertz CT molecular complexity index is 427. The molecule has 0 atom stereocenters. The third-order valence-electron chi connectivity index (χ3n) is 1.99. The maximum Gasteiger partial charge on any atom is 0.182 e. The van der Waals surface area contributed by atoms with Crippen molar-refractivity contribution in [2.75, 3.05) is 12.1 Å². The largest absolute Gasteiger partial charge is 0.340 e. The predicted molar refractivity (Wildman–Crippen MR) is 56.2 cm³/mol. The number of aromatic amines is 1. The first-order valence-electron chi connectivity index (χ1n) is 4.93. The lowest BCUT2D eigenvalue weighted by atomic mass is 10.4. The highest BCUT2D eigenvalue weighted by Crippen LogP contribution is 2.13. The number of unbranched alkanes of at least 4 members (excludes halogenated alkanes) is 1. The number of rotatable bonds is 5. The van der Waals surface area contributed by atoms with Crippen molar-refractivity contribution in [3.05, 3.63) is 12.7 Å². The second kappa shape index (κ2) is 4.70. The molecule has 2 aromatic rings. The summed E-state index contributed by atoms with van der Waals surface area (Å²) in [5, 5.41) is 0. The highest BCUT2D eigenvalue weighted by molar-refractivity contribution is 5.81. The van der Waals surface area contributed by atoms with Crippen molar-refractivity contribution in [2.24, 2.45) is 0 Å². The fraction of sp³-hybridized carbons (Fsp3) is 0.444. The lowest BCUT2D eigenvalue weighted by molar-refractivity contribution is 0.188. The fourth-order valence-corrected chi connectivity index (χ4v) is 1.18. The fourth-order valence-electron chi connectivity index (χ4n) is 1.18. The van der Waals surface area contributed by atoms with Crippen LogP contribution in [0.4, 0.5) is 5.82 Å². The SMILES string of the molecule is CCCCONc1ncnc2nc[nH]c12. The zero-order chi connectivity index (χ0) is 10.5. The lowest BCUT2D eigenvalue weighted by Gasteiger charge is -2.05. The molecule has 2 aromatic heterocycles. The van der Waals surface area contributed by atoms with Crippen LogP contribution in [0.2, 0.25) is 0 Å². The van der Waals surface area contributed by atoms with E-state index in [0.717, 1.165) is 18.4 Å². The summed E-state index contributed by atoms with van der Waals surface area (Å²) in [5.74, 6) is 0.619. The van der Waals surface area contributed by atoms with E-state index in [0.29, 0.717) is 18.1 Å². The van der Waals surface area contributed by atoms with E-state index >= 15 is 0 Å². The zero-order valence-electron chi connectivity index (χ0n) is 8.53. The highest BCUT2D eigenvalue weighted by atomic mass is 16.6. The predicted octanol–water partition coefficient (Wildman–Crippen LogP) is 1.50. The summed E-state index contributed by atoms with van der Waals surface area (Å²) in [6.07, 6.45) is 5.15. The van der Waals surface area contributed by atoms with Crippen LogP contribution in [0.15, 0.2) is 12.7 Å². The maximum atomic E-state index is 5.25. The van der Waals surface area contributed by atoms with E-state index < -0.39 is 0 Å². The van der Waals surface area contributed by atoms with E-state index in [1.807, 2.05) is 0 Å². The Morgan fingerprint density at radius 1 is 1.40 bits per heavy atom. The molecule has 2 N–H and O–H groups in total. The molecule has 0 spiro atoms. The van der Waals surface area contributed by atoms with Crippen LogP contribution in [0.3, 0.4) is 0 Å². The number of nitrogens with zero attached hydrogens (tertiary/aromatic N) is 3. The molecule has 0 aliphatic heterocycles. The summed E-state index contributed by atoms with van der Waals surface area (Å²) in [7, 11) is 0. The molecular formula is C9H13N5O. The zero-order valence-corrected chi connectivity index (χ0v) is 8.53. The second-order valence-corrected chi connectivity index (χ2v) is 3.13. The van der Waals surface area contributed by atoms with Gasteiger partial charge in [-0.15, -0.1) is 0 Å². The molecule has 6 nitrogen and oxygen atoms in total. The van der Waals surface area contributed by atoms with Crippen LogP contribution in [-0.2, 0) is 4.84 Å². The van der Waals surface area contributed by atoms with Gasteiger partial charge in [0, 0.05) is 0 Å². The first-order chi connectivity index (χ1) is 7.42. The maximum absolute atomic E-state index is 5.25. The molecule has 0 fully saturated rings. The molecular weight excluding hydrogens is 194 g/mol. The molecule has 0 aliphatic carbocycles. The standard InChI is InChI=1S/C9H13N5O/c1-2-3-4-15-14-9-7-8(11-5-10-7)12-6-13-9/h5-6H,2-4H2,1H3,(H2,10,11,12,13,14). The van der Waals surface area contributed by atoms with Crippen LogP contribution in [0.5, 0.6) is 0 Å². The first-order valence-corrected chi connectivity index (χ1v) is 4.93. The third-order valence-corrected chi connectivity index (χ3v) is 1.99. The minimum Gasteiger partial charge on any atom is -0.340 e. The number of hydrogen-bond donors (Lipinski definition) is 2. The average Bonchev–Trinajstić information content (AvgIpc) is 2.73. The van der Waals surface area contributed by atoms with Crippen molar-refractivity contribution in [3.8, 4) is 0 Å². The number of aromatic nitrogens is 4. The summed E-state index contributed by atoms with van der Waals surface area (Å²) < 4.78 is 0. The summed E-state index contributed by atoms with van der Waals surface area (Å²) in [6.45, 7) is 2.78. The van der Waals surface area contributed by atoms with Gasteiger partial charge in [-0.05, 0) is 6.42 Å². The smallest absolute Gasteiger partial charge is 0.182 e. The van der Waals surface area contributed by atoms with Gasteiger partial charge in [-0.1, -0.05) is 13.3 Å². The van der Waals surface area contributed by atoms with E-state index in [1.54, 1.807) is 6.33 Å². The van der Waals surface area contributed by atoms with Gasteiger partial charge < -0.3 is 4.98 Å². The van der Waals surface area contributed by atoms with E-state index in [4.69, 9.17) is 4.84 Å². The van der Waals surface area contributed by atoms with E-state index in [2.05, 4.69) is 32.3 Å². The lowest BCUT2D eigenvalue weighted by Crippen LogP contribution is -2.05. The Morgan fingerprint density at radius 2 is 2.33 bits per heavy atom. The van der Waals surface area contributed by atoms with Crippen LogP contribution in [0.1, 0.15) is 19.8 Å². The molecule has 80 valence electrons. The van der Waals surface area contributed by atoms with Gasteiger partial charge in [0.05, 0.1) is 12.9 Å². The third kappa shape index (κ3) is 2.21. The number of H-pyrrole nitrogens is 1.